The number of nitrogens with zero attached hydrogens (tertiary/aromatic N) is 2. The van der Waals surface area contributed by atoms with Crippen LogP contribution in [0.5, 0.6) is 0 Å². The lowest BCUT2D eigenvalue weighted by Gasteiger charge is -2.08. The molecule has 0 spiro atoms. The molecule has 0 radical (unpaired) electrons. The molecule has 2 fully saturated rings. The summed E-state index contributed by atoms with van der Waals surface area (Å²) in [5, 5.41) is 11.3. The predicted molar refractivity (Wildman–Crippen MR) is 59.0 cm³/mol. The molecule has 3 heterocycles. The molecule has 0 aliphatic carbocycles. The topological polar surface area (TPSA) is 41.9 Å². The number of hydrogen-bond acceptors (Lipinski definition) is 3. The molecule has 1 aromatic rings. The lowest BCUT2D eigenvalue weighted by atomic mass is 10.0. The average molecular weight is 206 g/mol. The van der Waals surface area contributed by atoms with E-state index in [1.165, 1.54) is 18.4 Å². The Kier molecular flexibility index (Phi) is 2.46. The zero-order chi connectivity index (χ0) is 10.1. The van der Waals surface area contributed by atoms with Crippen LogP contribution in [0.2, 0.25) is 0 Å². The van der Waals surface area contributed by atoms with Crippen LogP contribution >= 0.6 is 0 Å². The van der Waals surface area contributed by atoms with Crippen molar-refractivity contribution >= 4 is 0 Å². The van der Waals surface area contributed by atoms with Crippen molar-refractivity contribution in [3.63, 3.8) is 0 Å². The normalized spacial score (nSPS) is 31.2. The standard InChI is InChI=1S/C11H18N4/c1-3-12-5-9(1)10-6-14-15(8-10)11-2-4-13-7-11/h6,8-9,11-13H,1-5,7H2. The smallest absolute Gasteiger partial charge is 0.0655 e. The van der Waals surface area contributed by atoms with Gasteiger partial charge in [0.2, 0.25) is 0 Å². The molecule has 2 atom stereocenters. The molecule has 82 valence electrons. The van der Waals surface area contributed by atoms with Gasteiger partial charge in [-0.1, -0.05) is 0 Å². The van der Waals surface area contributed by atoms with E-state index < -0.39 is 0 Å². The third-order valence-corrected chi connectivity index (χ3v) is 3.56. The second kappa shape index (κ2) is 3.94. The minimum atomic E-state index is 0.577. The van der Waals surface area contributed by atoms with Crippen LogP contribution in [-0.2, 0) is 0 Å². The molecular formula is C11H18N4. The predicted octanol–water partition coefficient (Wildman–Crippen LogP) is 0.494. The maximum atomic E-state index is 4.49. The molecule has 2 N–H and O–H groups in total. The summed E-state index contributed by atoms with van der Waals surface area (Å²) < 4.78 is 2.15. The van der Waals surface area contributed by atoms with Crippen molar-refractivity contribution < 1.29 is 0 Å². The molecule has 0 amide bonds. The summed E-state index contributed by atoms with van der Waals surface area (Å²) in [6.07, 6.45) is 6.77. The van der Waals surface area contributed by atoms with Crippen molar-refractivity contribution in [3.8, 4) is 0 Å². The van der Waals surface area contributed by atoms with Gasteiger partial charge >= 0.3 is 0 Å². The molecule has 3 rings (SSSR count). The van der Waals surface area contributed by atoms with Crippen LogP contribution in [0.1, 0.15) is 30.4 Å². The van der Waals surface area contributed by atoms with Gasteiger partial charge in [0.1, 0.15) is 0 Å². The first-order chi connectivity index (χ1) is 7.43. The van der Waals surface area contributed by atoms with E-state index in [2.05, 4.69) is 32.8 Å². The Morgan fingerprint density at radius 1 is 1.20 bits per heavy atom. The van der Waals surface area contributed by atoms with Crippen molar-refractivity contribution in [1.29, 1.82) is 0 Å². The summed E-state index contributed by atoms with van der Waals surface area (Å²) in [4.78, 5) is 0. The van der Waals surface area contributed by atoms with Gasteiger partial charge < -0.3 is 10.6 Å². The van der Waals surface area contributed by atoms with E-state index in [-0.39, 0.29) is 0 Å². The van der Waals surface area contributed by atoms with Gasteiger partial charge in [-0.05, 0) is 31.5 Å². The maximum Gasteiger partial charge on any atom is 0.0655 e. The van der Waals surface area contributed by atoms with E-state index in [9.17, 15) is 0 Å². The van der Waals surface area contributed by atoms with Gasteiger partial charge in [-0.3, -0.25) is 4.68 Å². The first kappa shape index (κ1) is 9.36. The van der Waals surface area contributed by atoms with Gasteiger partial charge in [-0.15, -0.1) is 0 Å². The van der Waals surface area contributed by atoms with E-state index in [1.807, 2.05) is 0 Å². The van der Waals surface area contributed by atoms with E-state index in [0.29, 0.717) is 12.0 Å². The lowest BCUT2D eigenvalue weighted by molar-refractivity contribution is 0.490. The first-order valence-electron chi connectivity index (χ1n) is 5.89. The van der Waals surface area contributed by atoms with Crippen molar-refractivity contribution in [2.75, 3.05) is 26.2 Å². The van der Waals surface area contributed by atoms with Crippen molar-refractivity contribution in [3.05, 3.63) is 18.0 Å². The maximum absolute atomic E-state index is 4.49. The van der Waals surface area contributed by atoms with Crippen LogP contribution in [0.3, 0.4) is 0 Å². The number of nitrogens with one attached hydrogen (secondary N) is 2. The largest absolute Gasteiger partial charge is 0.316 e. The SMILES string of the molecule is c1nn(C2CCNC2)cc1C1CCNC1. The Bertz CT molecular complexity index is 291. The lowest BCUT2D eigenvalue weighted by Crippen LogP contribution is -2.13. The molecule has 2 saturated heterocycles. The Morgan fingerprint density at radius 2 is 2.07 bits per heavy atom. The fraction of sp³-hybridized carbons (Fsp3) is 0.727. The Labute approximate surface area is 90.0 Å². The van der Waals surface area contributed by atoms with Crippen LogP contribution in [0.4, 0.5) is 0 Å². The Morgan fingerprint density at radius 3 is 2.80 bits per heavy atom. The average Bonchev–Trinajstić information content (AvgIpc) is 3.02. The Balaban J connectivity index is 1.74. The van der Waals surface area contributed by atoms with Crippen LogP contribution in [0.25, 0.3) is 0 Å². The highest BCUT2D eigenvalue weighted by atomic mass is 15.3. The van der Waals surface area contributed by atoms with Crippen molar-refractivity contribution in [2.45, 2.75) is 24.8 Å². The Hall–Kier alpha value is -0.870. The van der Waals surface area contributed by atoms with Gasteiger partial charge in [-0.2, -0.15) is 5.10 Å². The van der Waals surface area contributed by atoms with E-state index in [4.69, 9.17) is 0 Å². The minimum Gasteiger partial charge on any atom is -0.316 e. The minimum absolute atomic E-state index is 0.577. The molecule has 0 saturated carbocycles. The zero-order valence-corrected chi connectivity index (χ0v) is 8.95. The first-order valence-corrected chi connectivity index (χ1v) is 5.89. The molecule has 15 heavy (non-hydrogen) atoms. The fourth-order valence-corrected chi connectivity index (χ4v) is 2.57. The highest BCUT2D eigenvalue weighted by Gasteiger charge is 2.21. The van der Waals surface area contributed by atoms with Gasteiger partial charge in [0.15, 0.2) is 0 Å². The molecule has 2 aliphatic heterocycles. The van der Waals surface area contributed by atoms with Crippen LogP contribution in [0, 0.1) is 0 Å². The molecule has 2 aliphatic rings. The van der Waals surface area contributed by atoms with E-state index >= 15 is 0 Å². The van der Waals surface area contributed by atoms with Crippen molar-refractivity contribution in [2.24, 2.45) is 0 Å². The number of aromatic nitrogens is 2. The van der Waals surface area contributed by atoms with Crippen LogP contribution in [-0.4, -0.2) is 36.0 Å². The van der Waals surface area contributed by atoms with E-state index in [1.54, 1.807) is 0 Å². The summed E-state index contributed by atoms with van der Waals surface area (Å²) in [6.45, 7) is 4.48. The quantitative estimate of drug-likeness (QED) is 0.740. The van der Waals surface area contributed by atoms with Crippen LogP contribution in [0.15, 0.2) is 12.4 Å². The van der Waals surface area contributed by atoms with Gasteiger partial charge in [0.05, 0.1) is 12.2 Å². The molecule has 0 bridgehead atoms. The molecule has 2 unspecified atom stereocenters. The molecular weight excluding hydrogens is 188 g/mol. The second-order valence-corrected chi connectivity index (χ2v) is 4.59. The molecule has 4 nitrogen and oxygen atoms in total. The summed E-state index contributed by atoms with van der Waals surface area (Å²) in [5.41, 5.74) is 1.41. The van der Waals surface area contributed by atoms with E-state index in [0.717, 1.165) is 26.2 Å². The highest BCUT2D eigenvalue weighted by Crippen LogP contribution is 2.23. The van der Waals surface area contributed by atoms with Crippen LogP contribution < -0.4 is 10.6 Å². The molecule has 0 aromatic carbocycles. The van der Waals surface area contributed by atoms with Crippen molar-refractivity contribution in [1.82, 2.24) is 20.4 Å². The number of hydrogen-bond donors (Lipinski definition) is 2. The molecule has 4 heteroatoms. The van der Waals surface area contributed by atoms with Gasteiger partial charge in [0.25, 0.3) is 0 Å². The third kappa shape index (κ3) is 1.79. The highest BCUT2D eigenvalue weighted by molar-refractivity contribution is 5.14. The fourth-order valence-electron chi connectivity index (χ4n) is 2.57. The second-order valence-electron chi connectivity index (χ2n) is 4.59. The summed E-state index contributed by atoms with van der Waals surface area (Å²) in [6, 6.07) is 0.577. The summed E-state index contributed by atoms with van der Waals surface area (Å²) in [5.74, 6) is 0.688. The number of rotatable bonds is 2. The van der Waals surface area contributed by atoms with Gasteiger partial charge in [0, 0.05) is 25.2 Å². The zero-order valence-electron chi connectivity index (χ0n) is 8.95. The summed E-state index contributed by atoms with van der Waals surface area (Å²) >= 11 is 0. The summed E-state index contributed by atoms with van der Waals surface area (Å²) in [7, 11) is 0. The van der Waals surface area contributed by atoms with Gasteiger partial charge in [-0.25, -0.2) is 0 Å². The molecule has 1 aromatic heterocycles. The monoisotopic (exact) mass is 206 g/mol. The third-order valence-electron chi connectivity index (χ3n) is 3.56.